The first-order valence-electron chi connectivity index (χ1n) is 6.54. The summed E-state index contributed by atoms with van der Waals surface area (Å²) in [4.78, 5) is 2.22. The van der Waals surface area contributed by atoms with Crippen LogP contribution in [-0.4, -0.2) is 31.3 Å². The molecule has 0 aliphatic heterocycles. The second kappa shape index (κ2) is 6.10. The van der Waals surface area contributed by atoms with Crippen LogP contribution >= 0.6 is 0 Å². The summed E-state index contributed by atoms with van der Waals surface area (Å²) < 4.78 is 0. The van der Waals surface area contributed by atoms with Crippen molar-refractivity contribution in [2.75, 3.05) is 25.0 Å². The molecule has 0 saturated carbocycles. The molecule has 1 rings (SSSR count). The molecule has 0 aliphatic rings. The van der Waals surface area contributed by atoms with Gasteiger partial charge < -0.3 is 15.3 Å². The van der Waals surface area contributed by atoms with Crippen LogP contribution in [0.3, 0.4) is 0 Å². The van der Waals surface area contributed by atoms with Crippen LogP contribution in [0, 0.1) is 5.41 Å². The lowest BCUT2D eigenvalue weighted by molar-refractivity contribution is 0.333. The number of hydrogen-bond acceptors (Lipinski definition) is 3. The van der Waals surface area contributed by atoms with E-state index in [0.717, 1.165) is 18.8 Å². The van der Waals surface area contributed by atoms with E-state index in [2.05, 4.69) is 45.0 Å². The van der Waals surface area contributed by atoms with Crippen LogP contribution in [0.4, 0.5) is 5.69 Å². The molecule has 3 heteroatoms. The minimum absolute atomic E-state index is 0.205. The number of aromatic hydroxyl groups is 1. The van der Waals surface area contributed by atoms with Crippen LogP contribution in [0.2, 0.25) is 0 Å². The van der Waals surface area contributed by atoms with Gasteiger partial charge in [0.2, 0.25) is 0 Å². The number of phenols is 1. The van der Waals surface area contributed by atoms with Crippen LogP contribution in [-0.2, 0) is 0 Å². The summed E-state index contributed by atoms with van der Waals surface area (Å²) in [6, 6.07) is 7.86. The van der Waals surface area contributed by atoms with E-state index in [-0.39, 0.29) is 5.41 Å². The molecule has 2 N–H and O–H groups in total. The first kappa shape index (κ1) is 14.8. The fourth-order valence-electron chi connectivity index (χ4n) is 1.98. The van der Waals surface area contributed by atoms with E-state index >= 15 is 0 Å². The molecule has 1 aromatic carbocycles. The van der Waals surface area contributed by atoms with Crippen LogP contribution in [0.15, 0.2) is 24.3 Å². The van der Waals surface area contributed by atoms with E-state index in [1.807, 2.05) is 12.1 Å². The van der Waals surface area contributed by atoms with Crippen molar-refractivity contribution in [2.24, 2.45) is 5.41 Å². The molecular weight excluding hydrogens is 224 g/mol. The number of nitrogens with one attached hydrogen (secondary N) is 1. The summed E-state index contributed by atoms with van der Waals surface area (Å²) in [6.45, 7) is 10.8. The normalized spacial score (nSPS) is 11.9. The van der Waals surface area contributed by atoms with Gasteiger partial charge in [0.15, 0.2) is 0 Å². The summed E-state index contributed by atoms with van der Waals surface area (Å²) in [5.41, 5.74) is 1.34. The number of benzene rings is 1. The second-order valence-electron chi connectivity index (χ2n) is 6.07. The van der Waals surface area contributed by atoms with Crippen molar-refractivity contribution in [3.05, 3.63) is 24.3 Å². The largest absolute Gasteiger partial charge is 0.508 e. The van der Waals surface area contributed by atoms with Crippen molar-refractivity contribution in [2.45, 2.75) is 33.7 Å². The summed E-state index contributed by atoms with van der Waals surface area (Å²) in [5, 5.41) is 12.8. The maximum absolute atomic E-state index is 9.29. The van der Waals surface area contributed by atoms with Gasteiger partial charge in [-0.2, -0.15) is 0 Å². The average Bonchev–Trinajstić information content (AvgIpc) is 2.27. The molecule has 1 aromatic rings. The first-order chi connectivity index (χ1) is 8.30. The molecule has 0 bridgehead atoms. The molecule has 0 aliphatic carbocycles. The first-order valence-corrected chi connectivity index (χ1v) is 6.54. The number of anilines is 1. The topological polar surface area (TPSA) is 35.5 Å². The van der Waals surface area contributed by atoms with Gasteiger partial charge >= 0.3 is 0 Å². The molecule has 3 nitrogen and oxygen atoms in total. The van der Waals surface area contributed by atoms with E-state index in [1.54, 1.807) is 12.1 Å². The smallest absolute Gasteiger partial charge is 0.115 e. The quantitative estimate of drug-likeness (QED) is 0.815. The lowest BCUT2D eigenvalue weighted by Crippen LogP contribution is -2.41. The third kappa shape index (κ3) is 4.96. The van der Waals surface area contributed by atoms with Gasteiger partial charge in [-0.15, -0.1) is 0 Å². The van der Waals surface area contributed by atoms with Gasteiger partial charge in [0.05, 0.1) is 0 Å². The lowest BCUT2D eigenvalue weighted by Gasteiger charge is -2.32. The van der Waals surface area contributed by atoms with E-state index < -0.39 is 0 Å². The maximum atomic E-state index is 9.29. The number of hydrogen-bond donors (Lipinski definition) is 2. The van der Waals surface area contributed by atoms with Gasteiger partial charge in [-0.25, -0.2) is 0 Å². The highest BCUT2D eigenvalue weighted by Crippen LogP contribution is 2.22. The van der Waals surface area contributed by atoms with Crippen molar-refractivity contribution in [1.29, 1.82) is 0 Å². The monoisotopic (exact) mass is 250 g/mol. The number of rotatable bonds is 6. The van der Waals surface area contributed by atoms with Crippen LogP contribution in [0.25, 0.3) is 0 Å². The standard InChI is InChI=1S/C15H26N2O/c1-12(2)16-10-15(3,4)11-17(5)13-6-8-14(18)9-7-13/h6-9,12,16,18H,10-11H2,1-5H3. The Balaban J connectivity index is 2.57. The maximum Gasteiger partial charge on any atom is 0.115 e. The molecule has 0 amide bonds. The Labute approximate surface area is 111 Å². The summed E-state index contributed by atoms with van der Waals surface area (Å²) in [6.07, 6.45) is 0. The van der Waals surface area contributed by atoms with Crippen LogP contribution in [0.5, 0.6) is 5.75 Å². The molecule has 102 valence electrons. The Bertz CT molecular complexity index is 357. The molecule has 0 fully saturated rings. The summed E-state index contributed by atoms with van der Waals surface area (Å²) in [7, 11) is 2.09. The highest BCUT2D eigenvalue weighted by Gasteiger charge is 2.20. The van der Waals surface area contributed by atoms with Gasteiger partial charge in [-0.05, 0) is 29.7 Å². The van der Waals surface area contributed by atoms with Gasteiger partial charge in [-0.3, -0.25) is 0 Å². The Morgan fingerprint density at radius 3 is 2.28 bits per heavy atom. The van der Waals surface area contributed by atoms with E-state index in [0.29, 0.717) is 11.8 Å². The summed E-state index contributed by atoms with van der Waals surface area (Å²) in [5.74, 6) is 0.313. The zero-order valence-electron chi connectivity index (χ0n) is 12.2. The molecule has 0 atom stereocenters. The van der Waals surface area contributed by atoms with Crippen LogP contribution < -0.4 is 10.2 Å². The molecule has 0 aromatic heterocycles. The molecule has 18 heavy (non-hydrogen) atoms. The predicted molar refractivity (Wildman–Crippen MR) is 78.3 cm³/mol. The third-order valence-electron chi connectivity index (χ3n) is 2.94. The molecule has 0 heterocycles. The van der Waals surface area contributed by atoms with Gasteiger partial charge in [0.1, 0.15) is 5.75 Å². The fourth-order valence-corrected chi connectivity index (χ4v) is 1.98. The van der Waals surface area contributed by atoms with Crippen molar-refractivity contribution >= 4 is 5.69 Å². The molecular formula is C15H26N2O. The van der Waals surface area contributed by atoms with Crippen molar-refractivity contribution < 1.29 is 5.11 Å². The number of nitrogens with zero attached hydrogens (tertiary/aromatic N) is 1. The molecule has 0 spiro atoms. The molecule has 0 unspecified atom stereocenters. The molecule has 0 saturated heterocycles. The zero-order chi connectivity index (χ0) is 13.8. The Morgan fingerprint density at radius 1 is 1.22 bits per heavy atom. The molecule has 0 radical (unpaired) electrons. The van der Waals surface area contributed by atoms with Gasteiger partial charge in [-0.1, -0.05) is 27.7 Å². The minimum Gasteiger partial charge on any atom is -0.508 e. The lowest BCUT2D eigenvalue weighted by atomic mass is 9.92. The third-order valence-corrected chi connectivity index (χ3v) is 2.94. The Hall–Kier alpha value is -1.22. The Morgan fingerprint density at radius 2 is 1.78 bits per heavy atom. The van der Waals surface area contributed by atoms with E-state index in [9.17, 15) is 5.11 Å². The fraction of sp³-hybridized carbons (Fsp3) is 0.600. The van der Waals surface area contributed by atoms with Crippen molar-refractivity contribution in [3.8, 4) is 5.75 Å². The van der Waals surface area contributed by atoms with Crippen molar-refractivity contribution in [3.63, 3.8) is 0 Å². The average molecular weight is 250 g/mol. The second-order valence-corrected chi connectivity index (χ2v) is 6.07. The highest BCUT2D eigenvalue weighted by molar-refractivity contribution is 5.48. The van der Waals surface area contributed by atoms with Crippen LogP contribution in [0.1, 0.15) is 27.7 Å². The zero-order valence-corrected chi connectivity index (χ0v) is 12.2. The van der Waals surface area contributed by atoms with E-state index in [1.165, 1.54) is 0 Å². The SMILES string of the molecule is CC(C)NCC(C)(C)CN(C)c1ccc(O)cc1. The Kier molecular flexibility index (Phi) is 5.03. The highest BCUT2D eigenvalue weighted by atomic mass is 16.3. The minimum atomic E-state index is 0.205. The predicted octanol–water partition coefficient (Wildman–Crippen LogP) is 2.85. The van der Waals surface area contributed by atoms with Gasteiger partial charge in [0.25, 0.3) is 0 Å². The summed E-state index contributed by atoms with van der Waals surface area (Å²) >= 11 is 0. The number of phenolic OH excluding ortho intramolecular Hbond substituents is 1. The van der Waals surface area contributed by atoms with E-state index in [4.69, 9.17) is 0 Å². The van der Waals surface area contributed by atoms with Gasteiger partial charge in [0, 0.05) is 31.9 Å². The van der Waals surface area contributed by atoms with Crippen molar-refractivity contribution in [1.82, 2.24) is 5.32 Å².